The molecule has 19 heavy (non-hydrogen) atoms. The van der Waals surface area contributed by atoms with Gasteiger partial charge in [-0.15, -0.1) is 0 Å². The lowest BCUT2D eigenvalue weighted by atomic mass is 9.80. The van der Waals surface area contributed by atoms with Crippen LogP contribution in [0, 0.1) is 11.3 Å². The summed E-state index contributed by atoms with van der Waals surface area (Å²) in [5, 5.41) is 0. The fourth-order valence-corrected chi connectivity index (χ4v) is 2.77. The summed E-state index contributed by atoms with van der Waals surface area (Å²) in [7, 11) is 0. The third kappa shape index (κ3) is 3.69. The molecule has 0 bridgehead atoms. The lowest BCUT2D eigenvalue weighted by Crippen LogP contribution is -2.26. The number of hydrogen-bond acceptors (Lipinski definition) is 3. The number of rotatable bonds is 3. The summed E-state index contributed by atoms with van der Waals surface area (Å²) in [5.74, 6) is 1.87. The Morgan fingerprint density at radius 2 is 2.16 bits per heavy atom. The Kier molecular flexibility index (Phi) is 4.14. The molecule has 1 aliphatic heterocycles. The molecule has 1 fully saturated rings. The van der Waals surface area contributed by atoms with Crippen molar-refractivity contribution in [2.24, 2.45) is 17.1 Å². The maximum Gasteiger partial charge on any atom is 0.128 e. The smallest absolute Gasteiger partial charge is 0.128 e. The van der Waals surface area contributed by atoms with E-state index in [1.807, 2.05) is 13.1 Å². The Labute approximate surface area is 117 Å². The van der Waals surface area contributed by atoms with Crippen LogP contribution in [0.2, 0.25) is 0 Å². The SMILES string of the molecule is CC(N)Cc1ccc(N2CCC(C(C)(C)C)C2)nc1. The van der Waals surface area contributed by atoms with E-state index < -0.39 is 0 Å². The van der Waals surface area contributed by atoms with Gasteiger partial charge in [-0.1, -0.05) is 26.8 Å². The van der Waals surface area contributed by atoms with E-state index in [0.717, 1.165) is 31.2 Å². The first-order chi connectivity index (χ1) is 8.86. The van der Waals surface area contributed by atoms with Crippen molar-refractivity contribution >= 4 is 5.82 Å². The molecule has 0 spiro atoms. The molecule has 3 heteroatoms. The van der Waals surface area contributed by atoms with Gasteiger partial charge in [0.15, 0.2) is 0 Å². The van der Waals surface area contributed by atoms with Crippen LogP contribution in [0.3, 0.4) is 0 Å². The first-order valence-corrected chi connectivity index (χ1v) is 7.31. The molecule has 2 atom stereocenters. The summed E-state index contributed by atoms with van der Waals surface area (Å²) < 4.78 is 0. The molecule has 0 radical (unpaired) electrons. The zero-order valence-corrected chi connectivity index (χ0v) is 12.7. The molecule has 1 aromatic heterocycles. The van der Waals surface area contributed by atoms with Gasteiger partial charge in [0, 0.05) is 25.3 Å². The zero-order valence-electron chi connectivity index (χ0n) is 12.7. The van der Waals surface area contributed by atoms with Crippen LogP contribution in [-0.4, -0.2) is 24.1 Å². The summed E-state index contributed by atoms with van der Waals surface area (Å²) in [6.07, 6.45) is 4.15. The summed E-state index contributed by atoms with van der Waals surface area (Å²) in [6, 6.07) is 4.50. The van der Waals surface area contributed by atoms with Gasteiger partial charge in [0.05, 0.1) is 0 Å². The summed E-state index contributed by atoms with van der Waals surface area (Å²) >= 11 is 0. The van der Waals surface area contributed by atoms with Crippen molar-refractivity contribution in [3.63, 3.8) is 0 Å². The molecule has 106 valence electrons. The van der Waals surface area contributed by atoms with Crippen molar-refractivity contribution in [3.8, 4) is 0 Å². The van der Waals surface area contributed by atoms with E-state index in [1.165, 1.54) is 12.0 Å². The second-order valence-electron chi connectivity index (χ2n) is 7.00. The van der Waals surface area contributed by atoms with E-state index in [1.54, 1.807) is 0 Å². The van der Waals surface area contributed by atoms with Crippen LogP contribution >= 0.6 is 0 Å². The molecule has 0 aromatic carbocycles. The first kappa shape index (κ1) is 14.3. The van der Waals surface area contributed by atoms with E-state index in [0.29, 0.717) is 5.41 Å². The van der Waals surface area contributed by atoms with Crippen LogP contribution in [0.4, 0.5) is 5.82 Å². The van der Waals surface area contributed by atoms with Crippen molar-refractivity contribution < 1.29 is 0 Å². The Morgan fingerprint density at radius 3 is 2.63 bits per heavy atom. The largest absolute Gasteiger partial charge is 0.356 e. The van der Waals surface area contributed by atoms with Crippen LogP contribution in [-0.2, 0) is 6.42 Å². The van der Waals surface area contributed by atoms with E-state index in [-0.39, 0.29) is 6.04 Å². The monoisotopic (exact) mass is 261 g/mol. The van der Waals surface area contributed by atoms with Crippen LogP contribution in [0.5, 0.6) is 0 Å². The molecule has 1 saturated heterocycles. The van der Waals surface area contributed by atoms with E-state index >= 15 is 0 Å². The molecule has 0 saturated carbocycles. The highest BCUT2D eigenvalue weighted by Gasteiger charge is 2.32. The van der Waals surface area contributed by atoms with Crippen LogP contribution in [0.25, 0.3) is 0 Å². The summed E-state index contributed by atoms with van der Waals surface area (Å²) in [6.45, 7) is 11.3. The Morgan fingerprint density at radius 1 is 1.42 bits per heavy atom. The van der Waals surface area contributed by atoms with Gasteiger partial charge in [0.1, 0.15) is 5.82 Å². The molecule has 2 unspecified atom stereocenters. The van der Waals surface area contributed by atoms with Crippen molar-refractivity contribution in [1.29, 1.82) is 0 Å². The van der Waals surface area contributed by atoms with Crippen molar-refractivity contribution in [2.45, 2.75) is 46.6 Å². The molecule has 3 nitrogen and oxygen atoms in total. The van der Waals surface area contributed by atoms with Gasteiger partial charge in [0.25, 0.3) is 0 Å². The molecule has 2 rings (SSSR count). The number of pyridine rings is 1. The maximum absolute atomic E-state index is 5.81. The summed E-state index contributed by atoms with van der Waals surface area (Å²) in [4.78, 5) is 7.01. The highest BCUT2D eigenvalue weighted by atomic mass is 15.2. The normalized spacial score (nSPS) is 21.7. The average molecular weight is 261 g/mol. The van der Waals surface area contributed by atoms with Crippen molar-refractivity contribution in [1.82, 2.24) is 4.98 Å². The molecular formula is C16H27N3. The van der Waals surface area contributed by atoms with Crippen LogP contribution in [0.15, 0.2) is 18.3 Å². The minimum atomic E-state index is 0.199. The Hall–Kier alpha value is -1.09. The zero-order chi connectivity index (χ0) is 14.0. The Balaban J connectivity index is 2.00. The lowest BCUT2D eigenvalue weighted by molar-refractivity contribution is 0.263. The molecule has 1 aliphatic rings. The van der Waals surface area contributed by atoms with E-state index in [4.69, 9.17) is 5.73 Å². The standard InChI is InChI=1S/C16H27N3/c1-12(17)9-13-5-6-15(18-10-13)19-8-7-14(11-19)16(2,3)4/h5-6,10,12,14H,7-9,11,17H2,1-4H3. The van der Waals surface area contributed by atoms with E-state index in [9.17, 15) is 0 Å². The average Bonchev–Trinajstić information content (AvgIpc) is 2.78. The maximum atomic E-state index is 5.81. The fraction of sp³-hybridized carbons (Fsp3) is 0.688. The summed E-state index contributed by atoms with van der Waals surface area (Å²) in [5.41, 5.74) is 7.43. The second-order valence-corrected chi connectivity index (χ2v) is 7.00. The third-order valence-electron chi connectivity index (χ3n) is 4.10. The number of aromatic nitrogens is 1. The fourth-order valence-electron chi connectivity index (χ4n) is 2.77. The number of hydrogen-bond donors (Lipinski definition) is 1. The number of nitrogens with zero attached hydrogens (tertiary/aromatic N) is 2. The molecule has 0 amide bonds. The van der Waals surface area contributed by atoms with Gasteiger partial charge in [-0.3, -0.25) is 0 Å². The molecule has 1 aromatic rings. The van der Waals surface area contributed by atoms with Crippen molar-refractivity contribution in [2.75, 3.05) is 18.0 Å². The minimum Gasteiger partial charge on any atom is -0.356 e. The van der Waals surface area contributed by atoms with Crippen LogP contribution in [0.1, 0.15) is 39.7 Å². The second kappa shape index (κ2) is 5.49. The predicted octanol–water partition coefficient (Wildman–Crippen LogP) is 2.84. The quantitative estimate of drug-likeness (QED) is 0.909. The molecule has 2 N–H and O–H groups in total. The van der Waals surface area contributed by atoms with E-state index in [2.05, 4.69) is 42.8 Å². The minimum absolute atomic E-state index is 0.199. The first-order valence-electron chi connectivity index (χ1n) is 7.31. The van der Waals surface area contributed by atoms with Gasteiger partial charge < -0.3 is 10.6 Å². The third-order valence-corrected chi connectivity index (χ3v) is 4.10. The van der Waals surface area contributed by atoms with Gasteiger partial charge >= 0.3 is 0 Å². The molecular weight excluding hydrogens is 234 g/mol. The van der Waals surface area contributed by atoms with Gasteiger partial charge in [-0.05, 0) is 42.7 Å². The van der Waals surface area contributed by atoms with Gasteiger partial charge in [-0.2, -0.15) is 0 Å². The topological polar surface area (TPSA) is 42.1 Å². The van der Waals surface area contributed by atoms with Crippen LogP contribution < -0.4 is 10.6 Å². The number of nitrogens with two attached hydrogens (primary N) is 1. The highest BCUT2D eigenvalue weighted by Crippen LogP contribution is 2.35. The van der Waals surface area contributed by atoms with Gasteiger partial charge in [0.2, 0.25) is 0 Å². The predicted molar refractivity (Wildman–Crippen MR) is 81.4 cm³/mol. The lowest BCUT2D eigenvalue weighted by Gasteiger charge is -2.27. The highest BCUT2D eigenvalue weighted by molar-refractivity contribution is 5.40. The number of anilines is 1. The molecule has 0 aliphatic carbocycles. The Bertz CT molecular complexity index is 403. The van der Waals surface area contributed by atoms with Crippen molar-refractivity contribution in [3.05, 3.63) is 23.9 Å². The molecule has 2 heterocycles. The van der Waals surface area contributed by atoms with Gasteiger partial charge in [-0.25, -0.2) is 4.98 Å².